The van der Waals surface area contributed by atoms with Gasteiger partial charge in [0.05, 0.1) is 38.3 Å². The second-order valence-electron chi connectivity index (χ2n) is 24.9. The summed E-state index contributed by atoms with van der Waals surface area (Å²) in [6.07, 6.45) is 5.69. The molecule has 2 bridgehead atoms. The van der Waals surface area contributed by atoms with Crippen LogP contribution in [0.1, 0.15) is 116 Å². The lowest BCUT2D eigenvalue weighted by Crippen LogP contribution is -2.55. The molecule has 492 valence electrons. The number of rotatable bonds is 20. The zero-order valence-electron chi connectivity index (χ0n) is 53.5. The van der Waals surface area contributed by atoms with Crippen molar-refractivity contribution in [1.82, 2.24) is 40.9 Å². The first kappa shape index (κ1) is 71.1. The molecule has 9 amide bonds. The Morgan fingerprint density at radius 2 is 1.00 bits per heavy atom. The molecule has 0 saturated heterocycles. The highest BCUT2D eigenvalue weighted by molar-refractivity contribution is 7.98. The number of carbonyl (C=O) groups is 9. The molecule has 2 heterocycles. The predicted molar refractivity (Wildman–Crippen MR) is 359 cm³/mol. The summed E-state index contributed by atoms with van der Waals surface area (Å²) >= 11 is 1.50. The van der Waals surface area contributed by atoms with Gasteiger partial charge >= 0.3 is 0 Å². The fraction of sp³-hybridized carbons (Fsp3) is 0.458. The summed E-state index contributed by atoms with van der Waals surface area (Å²) in [7, 11) is 0. The summed E-state index contributed by atoms with van der Waals surface area (Å²) in [5.74, 6) is -2.74. The number of benzene rings is 5. The maximum Gasteiger partial charge on any atom is 0.251 e. The highest BCUT2D eigenvalue weighted by Crippen LogP contribution is 2.33. The minimum Gasteiger partial charge on any atom is -0.368 e. The molecule has 0 unspecified atom stereocenters. The van der Waals surface area contributed by atoms with Crippen molar-refractivity contribution in [3.05, 3.63) is 179 Å². The van der Waals surface area contributed by atoms with E-state index in [0.29, 0.717) is 62.1 Å². The quantitative estimate of drug-likeness (QED) is 0.0367. The average Bonchev–Trinajstić information content (AvgIpc) is 1.64. The zero-order valence-corrected chi connectivity index (χ0v) is 54.3. The number of carbonyl (C=O) groups excluding carboxylic acids is 9. The molecule has 20 heteroatoms. The molecule has 0 spiro atoms. The Hall–Kier alpha value is -8.36. The summed E-state index contributed by atoms with van der Waals surface area (Å²) in [5, 5.41) is 12.6. The lowest BCUT2D eigenvalue weighted by Gasteiger charge is -2.32. The van der Waals surface area contributed by atoms with Crippen molar-refractivity contribution in [3.63, 3.8) is 0 Å². The van der Waals surface area contributed by atoms with Crippen LogP contribution in [0, 0.1) is 11.8 Å². The number of hydrogen-bond acceptors (Lipinski definition) is 11. The number of nitrogens with one attached hydrogen (secondary N) is 4. The topological polar surface area (TPSA) is 267 Å². The van der Waals surface area contributed by atoms with E-state index in [9.17, 15) is 43.2 Å². The maximum atomic E-state index is 14.9. The SMILES string of the molecule is CC(C)C[C@H]1CN(C(=O)CCc2ccccc2)CC(=O)N[C@@H](Cc2ccccc2)CN(C(=O)CC2CC2)CC(=O)N[C@@H](Cc2ccccc2)CN(CC(N)=O)C(=O)CCSCc2ccc(cc2)C(=O)N[C@@H](CCCCN)CN(C(=O)CCc2ccccc2)CC(=O)N1. The van der Waals surface area contributed by atoms with E-state index < -0.39 is 54.3 Å². The van der Waals surface area contributed by atoms with Crippen LogP contribution in [0.25, 0.3) is 0 Å². The van der Waals surface area contributed by atoms with E-state index in [-0.39, 0.29) is 126 Å². The van der Waals surface area contributed by atoms with Crippen LogP contribution in [0.15, 0.2) is 146 Å². The second kappa shape index (κ2) is 37.8. The fourth-order valence-electron chi connectivity index (χ4n) is 11.6. The Kier molecular flexibility index (Phi) is 29.2. The zero-order chi connectivity index (χ0) is 65.6. The van der Waals surface area contributed by atoms with Crippen molar-refractivity contribution in [1.29, 1.82) is 0 Å². The van der Waals surface area contributed by atoms with Gasteiger partial charge < -0.3 is 52.3 Å². The van der Waals surface area contributed by atoms with Gasteiger partial charge in [-0.2, -0.15) is 11.8 Å². The van der Waals surface area contributed by atoms with Gasteiger partial charge in [-0.05, 0) is 116 Å². The second-order valence-corrected chi connectivity index (χ2v) is 26.0. The van der Waals surface area contributed by atoms with Crippen molar-refractivity contribution < 1.29 is 43.2 Å². The summed E-state index contributed by atoms with van der Waals surface area (Å²) < 4.78 is 0. The van der Waals surface area contributed by atoms with Crippen LogP contribution >= 0.6 is 11.8 Å². The molecule has 1 fully saturated rings. The number of unbranched alkanes of at least 4 members (excludes halogenated alkanes) is 1. The monoisotopic (exact) mass is 1270 g/mol. The number of aryl methyl sites for hydroxylation is 2. The number of nitrogens with two attached hydrogens (primary N) is 2. The highest BCUT2D eigenvalue weighted by atomic mass is 32.2. The molecule has 1 saturated carbocycles. The third kappa shape index (κ3) is 26.1. The van der Waals surface area contributed by atoms with Crippen LogP contribution in [0.2, 0.25) is 0 Å². The lowest BCUT2D eigenvalue weighted by atomic mass is 10.0. The van der Waals surface area contributed by atoms with Gasteiger partial charge in [-0.1, -0.05) is 154 Å². The van der Waals surface area contributed by atoms with Crippen LogP contribution in [0.3, 0.4) is 0 Å². The fourth-order valence-corrected chi connectivity index (χ4v) is 12.4. The number of amides is 9. The number of primary amides is 1. The van der Waals surface area contributed by atoms with Gasteiger partial charge in [-0.15, -0.1) is 0 Å². The van der Waals surface area contributed by atoms with Gasteiger partial charge in [0.1, 0.15) is 0 Å². The van der Waals surface area contributed by atoms with Crippen LogP contribution in [-0.2, 0) is 69.8 Å². The van der Waals surface area contributed by atoms with Gasteiger partial charge in [0.2, 0.25) is 47.3 Å². The molecular weight excluding hydrogens is 1180 g/mol. The molecule has 0 radical (unpaired) electrons. The number of fused-ring (bicyclic) bond motifs is 29. The van der Waals surface area contributed by atoms with E-state index in [0.717, 1.165) is 40.7 Å². The summed E-state index contributed by atoms with van der Waals surface area (Å²) in [6.45, 7) is 2.75. The van der Waals surface area contributed by atoms with Crippen molar-refractivity contribution in [3.8, 4) is 0 Å². The molecule has 8 N–H and O–H groups in total. The number of thioether (sulfide) groups is 1. The van der Waals surface area contributed by atoms with Crippen LogP contribution in [0.5, 0.6) is 0 Å². The number of nitrogens with zero attached hydrogens (tertiary/aromatic N) is 4. The predicted octanol–water partition coefficient (Wildman–Crippen LogP) is 6.40. The standard InChI is InChI=1S/C72H94N10O9S/c1-52(2)39-61-44-81(69(88)35-31-54-19-9-4-10-20-54)49-66(85)77-63(41-56-23-13-6-14-24-56)46-82(71(90)42-57-26-27-57)50-67(86)76-62(40-55-21-11-5-12-22-55)45-79(47-64(74)83)70(89)36-38-92-51-58-28-32-59(33-29-58)72(91)78-60(25-15-16-37-73)43-80(48-65(84)75-61)68(87)34-30-53-17-7-3-8-18-53/h3-14,17-24,28-29,32-33,52,57,60-63H,15-16,25-27,30-31,34-51,73H2,1-2H3,(H2,74,83)(H,75,84)(H,76,86)(H,77,85)(H,78,91)/t60-,61-,62-,63-/m0/s1. The third-order valence-electron chi connectivity index (χ3n) is 16.4. The van der Waals surface area contributed by atoms with Crippen LogP contribution in [0.4, 0.5) is 0 Å². The van der Waals surface area contributed by atoms with Crippen LogP contribution < -0.4 is 32.7 Å². The third-order valence-corrected chi connectivity index (χ3v) is 17.4. The smallest absolute Gasteiger partial charge is 0.251 e. The summed E-state index contributed by atoms with van der Waals surface area (Å²) in [5.41, 5.74) is 16.6. The van der Waals surface area contributed by atoms with Crippen LogP contribution in [-0.4, -0.2) is 162 Å². The first-order chi connectivity index (χ1) is 44.4. The van der Waals surface area contributed by atoms with Crippen molar-refractivity contribution in [2.45, 2.75) is 134 Å². The maximum absolute atomic E-state index is 14.9. The molecule has 0 aromatic heterocycles. The molecule has 1 aliphatic carbocycles. The van der Waals surface area contributed by atoms with Crippen molar-refractivity contribution >= 4 is 64.9 Å². The van der Waals surface area contributed by atoms with E-state index in [1.165, 1.54) is 31.4 Å². The van der Waals surface area contributed by atoms with Gasteiger partial charge in [0.25, 0.3) is 5.91 Å². The summed E-state index contributed by atoms with van der Waals surface area (Å²) in [6, 6.07) is 42.4. The normalized spacial score (nSPS) is 19.2. The Labute approximate surface area is 546 Å². The van der Waals surface area contributed by atoms with E-state index in [1.807, 2.05) is 147 Å². The molecule has 3 aliphatic rings. The minimum atomic E-state index is -0.752. The Morgan fingerprint density at radius 1 is 0.543 bits per heavy atom. The van der Waals surface area contributed by atoms with E-state index in [4.69, 9.17) is 11.5 Å². The molecule has 2 aliphatic heterocycles. The molecule has 19 nitrogen and oxygen atoms in total. The summed E-state index contributed by atoms with van der Waals surface area (Å²) in [4.78, 5) is 135. The largest absolute Gasteiger partial charge is 0.368 e. The van der Waals surface area contributed by atoms with Crippen molar-refractivity contribution in [2.75, 3.05) is 64.7 Å². The molecule has 5 aromatic rings. The van der Waals surface area contributed by atoms with Gasteiger partial charge in [0, 0.05) is 81.0 Å². The first-order valence-electron chi connectivity index (χ1n) is 32.6. The Morgan fingerprint density at radius 3 is 1.48 bits per heavy atom. The molecule has 92 heavy (non-hydrogen) atoms. The first-order valence-corrected chi connectivity index (χ1v) is 33.7. The minimum absolute atomic E-state index is 0.0162. The van der Waals surface area contributed by atoms with Gasteiger partial charge in [-0.25, -0.2) is 0 Å². The average molecular weight is 1280 g/mol. The number of hydrogen-bond donors (Lipinski definition) is 6. The molecule has 4 atom stereocenters. The van der Waals surface area contributed by atoms with Crippen molar-refractivity contribution in [2.24, 2.45) is 23.3 Å². The van der Waals surface area contributed by atoms with E-state index in [1.54, 1.807) is 12.1 Å². The molecule has 5 aromatic carbocycles. The Balaban J connectivity index is 1.24. The van der Waals surface area contributed by atoms with Gasteiger partial charge in [0.15, 0.2) is 0 Å². The highest BCUT2D eigenvalue weighted by Gasteiger charge is 2.33. The molecule has 8 rings (SSSR count). The Bertz CT molecular complexity index is 3160. The van der Waals surface area contributed by atoms with Gasteiger partial charge in [-0.3, -0.25) is 43.2 Å². The molecular formula is C72H94N10O9S. The van der Waals surface area contributed by atoms with E-state index in [2.05, 4.69) is 21.3 Å². The van der Waals surface area contributed by atoms with E-state index >= 15 is 0 Å². The lowest BCUT2D eigenvalue weighted by molar-refractivity contribution is -0.139.